The highest BCUT2D eigenvalue weighted by atomic mass is 16.6. The second kappa shape index (κ2) is 8.10. The van der Waals surface area contributed by atoms with Crippen LogP contribution in [0.5, 0.6) is 0 Å². The molecule has 1 N–H and O–H groups in total. The summed E-state index contributed by atoms with van der Waals surface area (Å²) >= 11 is 0. The highest BCUT2D eigenvalue weighted by Crippen LogP contribution is 2.43. The Morgan fingerprint density at radius 1 is 1.10 bits per heavy atom. The third-order valence-electron chi connectivity index (χ3n) is 6.21. The molecule has 0 radical (unpaired) electrons. The second-order valence-corrected chi connectivity index (χ2v) is 9.70. The van der Waals surface area contributed by atoms with Gasteiger partial charge in [0.2, 0.25) is 0 Å². The van der Waals surface area contributed by atoms with Crippen LogP contribution in [0.15, 0.2) is 30.3 Å². The van der Waals surface area contributed by atoms with Crippen molar-refractivity contribution in [3.8, 4) is 0 Å². The van der Waals surface area contributed by atoms with Crippen LogP contribution in [0.2, 0.25) is 0 Å². The van der Waals surface area contributed by atoms with Gasteiger partial charge >= 0.3 is 12.2 Å². The molecule has 7 nitrogen and oxygen atoms in total. The van der Waals surface area contributed by atoms with Crippen LogP contribution < -0.4 is 0 Å². The number of fused-ring (bicyclic) bond motifs is 2. The highest BCUT2D eigenvalue weighted by molar-refractivity contribution is 5.72. The summed E-state index contributed by atoms with van der Waals surface area (Å²) in [7, 11) is 0. The normalized spacial score (nSPS) is 27.0. The van der Waals surface area contributed by atoms with Gasteiger partial charge in [0.1, 0.15) is 12.2 Å². The largest absolute Gasteiger partial charge is 0.445 e. The number of rotatable bonds is 4. The fourth-order valence-electron chi connectivity index (χ4n) is 4.71. The van der Waals surface area contributed by atoms with Gasteiger partial charge in [-0.05, 0) is 57.9 Å². The van der Waals surface area contributed by atoms with E-state index in [0.29, 0.717) is 6.54 Å². The van der Waals surface area contributed by atoms with E-state index in [2.05, 4.69) is 0 Å². The number of nitrogens with zero attached hydrogens (tertiary/aromatic N) is 2. The molecule has 1 saturated carbocycles. The lowest BCUT2D eigenvalue weighted by atomic mass is 9.94. The lowest BCUT2D eigenvalue weighted by molar-refractivity contribution is -0.0570. The van der Waals surface area contributed by atoms with Crippen molar-refractivity contribution in [3.63, 3.8) is 0 Å². The van der Waals surface area contributed by atoms with E-state index in [9.17, 15) is 14.7 Å². The number of likely N-dealkylation sites (tertiary alicyclic amines) is 1. The van der Waals surface area contributed by atoms with Crippen LogP contribution in [0.3, 0.4) is 0 Å². The maximum absolute atomic E-state index is 13.0. The van der Waals surface area contributed by atoms with Crippen LogP contribution in [-0.4, -0.2) is 63.5 Å². The molecule has 2 aliphatic heterocycles. The van der Waals surface area contributed by atoms with Gasteiger partial charge in [-0.15, -0.1) is 0 Å². The maximum Gasteiger partial charge on any atom is 0.410 e. The van der Waals surface area contributed by atoms with Gasteiger partial charge in [0, 0.05) is 6.54 Å². The van der Waals surface area contributed by atoms with Gasteiger partial charge in [-0.1, -0.05) is 30.3 Å². The first-order valence-electron chi connectivity index (χ1n) is 10.9. The molecule has 1 aliphatic carbocycles. The molecule has 4 rings (SSSR count). The van der Waals surface area contributed by atoms with E-state index in [0.717, 1.165) is 31.2 Å². The summed E-state index contributed by atoms with van der Waals surface area (Å²) in [6.45, 7) is 6.09. The molecule has 30 heavy (non-hydrogen) atoms. The molecule has 0 aromatic heterocycles. The van der Waals surface area contributed by atoms with Gasteiger partial charge in [-0.3, -0.25) is 9.80 Å². The number of ether oxygens (including phenoxy) is 2. The average molecular weight is 417 g/mol. The zero-order valence-electron chi connectivity index (χ0n) is 18.0. The number of benzene rings is 1. The molecule has 4 atom stereocenters. The zero-order valence-corrected chi connectivity index (χ0v) is 18.0. The van der Waals surface area contributed by atoms with Crippen LogP contribution >= 0.6 is 0 Å². The first-order chi connectivity index (χ1) is 14.2. The Hall–Kier alpha value is -2.28. The van der Waals surface area contributed by atoms with E-state index < -0.39 is 23.8 Å². The van der Waals surface area contributed by atoms with E-state index >= 15 is 0 Å². The number of amides is 2. The fraction of sp³-hybridized carbons (Fsp3) is 0.652. The van der Waals surface area contributed by atoms with E-state index in [4.69, 9.17) is 9.47 Å². The van der Waals surface area contributed by atoms with Crippen LogP contribution in [0.4, 0.5) is 9.59 Å². The maximum atomic E-state index is 13.0. The number of hydrogen-bond acceptors (Lipinski definition) is 5. The summed E-state index contributed by atoms with van der Waals surface area (Å²) in [6.07, 6.45) is 1.99. The number of piperazine rings is 1. The van der Waals surface area contributed by atoms with Crippen molar-refractivity contribution in [3.05, 3.63) is 35.9 Å². The quantitative estimate of drug-likeness (QED) is 0.812. The Morgan fingerprint density at radius 2 is 1.80 bits per heavy atom. The Morgan fingerprint density at radius 3 is 2.43 bits per heavy atom. The molecular formula is C23H32N2O5. The predicted octanol–water partition coefficient (Wildman–Crippen LogP) is 3.55. The van der Waals surface area contributed by atoms with Gasteiger partial charge in [0.25, 0.3) is 0 Å². The van der Waals surface area contributed by atoms with E-state index in [1.807, 2.05) is 51.1 Å². The highest BCUT2D eigenvalue weighted by Gasteiger charge is 2.55. The summed E-state index contributed by atoms with van der Waals surface area (Å²) in [5.74, 6) is 0.178. The van der Waals surface area contributed by atoms with Crippen LogP contribution in [0, 0.1) is 5.92 Å². The molecular weight excluding hydrogens is 384 g/mol. The summed E-state index contributed by atoms with van der Waals surface area (Å²) in [5, 5.41) is 11.0. The van der Waals surface area contributed by atoms with Crippen molar-refractivity contribution in [1.29, 1.82) is 0 Å². The molecule has 1 unspecified atom stereocenters. The number of aliphatic hydroxyl groups excluding tert-OH is 1. The molecule has 7 heteroatoms. The van der Waals surface area contributed by atoms with E-state index in [1.54, 1.807) is 9.80 Å². The van der Waals surface area contributed by atoms with Gasteiger partial charge in [0.05, 0.1) is 24.2 Å². The molecule has 1 aromatic rings. The second-order valence-electron chi connectivity index (χ2n) is 9.70. The smallest absolute Gasteiger partial charge is 0.410 e. The van der Waals surface area contributed by atoms with E-state index in [1.165, 1.54) is 0 Å². The van der Waals surface area contributed by atoms with Gasteiger partial charge in [-0.25, -0.2) is 9.59 Å². The number of carbonyl (C=O) groups is 2. The molecule has 2 amide bonds. The number of aliphatic hydroxyl groups is 1. The van der Waals surface area contributed by atoms with Crippen LogP contribution in [0.25, 0.3) is 0 Å². The van der Waals surface area contributed by atoms with Crippen molar-refractivity contribution in [2.75, 3.05) is 6.54 Å². The zero-order chi connectivity index (χ0) is 21.5. The minimum Gasteiger partial charge on any atom is -0.445 e. The van der Waals surface area contributed by atoms with Crippen molar-refractivity contribution in [2.24, 2.45) is 5.92 Å². The molecule has 2 heterocycles. The third kappa shape index (κ3) is 4.41. The molecule has 3 aliphatic rings. The van der Waals surface area contributed by atoms with Crippen molar-refractivity contribution in [2.45, 2.75) is 82.9 Å². The predicted molar refractivity (Wildman–Crippen MR) is 111 cm³/mol. The molecule has 3 fully saturated rings. The number of carbonyl (C=O) groups excluding carboxylic acids is 2. The van der Waals surface area contributed by atoms with Gasteiger partial charge in [-0.2, -0.15) is 0 Å². The standard InChI is InChI=1S/C23H32N2O5/c1-23(2,3)30-22(28)25-17-11-12-18(25)19(20(26)16-9-10-16)24(13-17)21(27)29-14-15-7-5-4-6-8-15/h4-8,16-20,26H,9-14H2,1-3H3/t17-,18+,19+,20?/m1/s1. The van der Waals surface area contributed by atoms with Crippen LogP contribution in [0.1, 0.15) is 52.0 Å². The average Bonchev–Trinajstić information content (AvgIpc) is 3.49. The molecule has 1 aromatic carbocycles. The van der Waals surface area contributed by atoms with Crippen molar-refractivity contribution < 1.29 is 24.2 Å². The number of hydrogen-bond donors (Lipinski definition) is 1. The summed E-state index contributed by atoms with van der Waals surface area (Å²) in [5.41, 5.74) is 0.327. The third-order valence-corrected chi connectivity index (χ3v) is 6.21. The van der Waals surface area contributed by atoms with Crippen LogP contribution in [-0.2, 0) is 16.1 Å². The van der Waals surface area contributed by atoms with Crippen molar-refractivity contribution >= 4 is 12.2 Å². The molecule has 2 bridgehead atoms. The molecule has 2 saturated heterocycles. The monoisotopic (exact) mass is 416 g/mol. The Bertz CT molecular complexity index is 774. The van der Waals surface area contributed by atoms with E-state index in [-0.39, 0.29) is 30.7 Å². The summed E-state index contributed by atoms with van der Waals surface area (Å²) in [6, 6.07) is 8.72. The Balaban J connectivity index is 1.51. The van der Waals surface area contributed by atoms with Crippen molar-refractivity contribution in [1.82, 2.24) is 9.80 Å². The topological polar surface area (TPSA) is 79.3 Å². The minimum atomic E-state index is -0.664. The summed E-state index contributed by atoms with van der Waals surface area (Å²) in [4.78, 5) is 29.3. The molecule has 164 valence electrons. The summed E-state index contributed by atoms with van der Waals surface area (Å²) < 4.78 is 11.2. The lowest BCUT2D eigenvalue weighted by Crippen LogP contribution is -2.66. The van der Waals surface area contributed by atoms with Gasteiger partial charge < -0.3 is 14.6 Å². The SMILES string of the molecule is CC(C)(C)OC(=O)N1[C@@H]2CC[C@H]1[C@@H](C(O)C1CC1)N(C(=O)OCc1ccccc1)C2. The first-order valence-corrected chi connectivity index (χ1v) is 10.9. The minimum absolute atomic E-state index is 0.114. The Kier molecular flexibility index (Phi) is 5.66. The fourth-order valence-corrected chi connectivity index (χ4v) is 4.71. The Labute approximate surface area is 177 Å². The molecule has 0 spiro atoms. The first kappa shape index (κ1) is 21.0. The van der Waals surface area contributed by atoms with Gasteiger partial charge in [0.15, 0.2) is 0 Å². The lowest BCUT2D eigenvalue weighted by Gasteiger charge is -2.47.